The van der Waals surface area contributed by atoms with Crippen LogP contribution in [0.4, 0.5) is 0 Å². The monoisotopic (exact) mass is 479 g/mol. The van der Waals surface area contributed by atoms with Crippen molar-refractivity contribution >= 4 is 5.97 Å². The molecule has 1 heterocycles. The molecule has 5 aliphatic carbocycles. The molecule has 0 unspecified atom stereocenters. The lowest BCUT2D eigenvalue weighted by Crippen LogP contribution is -2.64. The highest BCUT2D eigenvalue weighted by atomic mass is 16.5. The number of hydrogen-bond acceptors (Lipinski definition) is 3. The van der Waals surface area contributed by atoms with Gasteiger partial charge in [-0.3, -0.25) is 4.79 Å². The van der Waals surface area contributed by atoms with Gasteiger partial charge >= 0.3 is 5.97 Å². The minimum Gasteiger partial charge on any atom is -0.481 e. The largest absolute Gasteiger partial charge is 0.481 e. The van der Waals surface area contributed by atoms with Gasteiger partial charge in [0.1, 0.15) is 5.76 Å². The molecule has 0 spiro atoms. The van der Waals surface area contributed by atoms with E-state index in [-0.39, 0.29) is 33.0 Å². The molecule has 0 saturated heterocycles. The quantitative estimate of drug-likeness (QED) is 0.422. The van der Waals surface area contributed by atoms with E-state index in [0.717, 1.165) is 50.7 Å². The summed E-state index contributed by atoms with van der Waals surface area (Å²) in [5.74, 6) is 1.90. The second-order valence-corrected chi connectivity index (χ2v) is 15.3. The summed E-state index contributed by atoms with van der Waals surface area (Å²) in [6.07, 6.45) is 13.8. The van der Waals surface area contributed by atoms with Gasteiger partial charge in [0, 0.05) is 11.0 Å². The number of rotatable bonds is 1. The molecule has 1 N–H and O–H groups in total. The first kappa shape index (κ1) is 23.8. The van der Waals surface area contributed by atoms with Gasteiger partial charge in [0.2, 0.25) is 0 Å². The van der Waals surface area contributed by atoms with E-state index in [2.05, 4.69) is 59.7 Å². The molecule has 0 bridgehead atoms. The van der Waals surface area contributed by atoms with E-state index in [1.165, 1.54) is 24.0 Å². The Morgan fingerprint density at radius 1 is 1.00 bits per heavy atom. The maximum Gasteiger partial charge on any atom is 0.310 e. The summed E-state index contributed by atoms with van der Waals surface area (Å²) in [7, 11) is 0. The fourth-order valence-corrected chi connectivity index (χ4v) is 10.9. The van der Waals surface area contributed by atoms with Crippen LogP contribution in [0, 0.1) is 44.8 Å². The van der Waals surface area contributed by atoms with Crippen LogP contribution < -0.4 is 0 Å². The summed E-state index contributed by atoms with van der Waals surface area (Å²) < 4.78 is 5.83. The van der Waals surface area contributed by atoms with Crippen LogP contribution in [0.15, 0.2) is 22.4 Å². The van der Waals surface area contributed by atoms with E-state index >= 15 is 0 Å². The second kappa shape index (κ2) is 6.84. The first-order valence-corrected chi connectivity index (χ1v) is 14.1. The Bertz CT molecular complexity index is 1110. The lowest BCUT2D eigenvalue weighted by Gasteiger charge is -2.70. The zero-order valence-corrected chi connectivity index (χ0v) is 23.0. The van der Waals surface area contributed by atoms with Gasteiger partial charge in [-0.05, 0) is 97.2 Å². The average Bonchev–Trinajstić information content (AvgIpc) is 3.22. The molecule has 35 heavy (non-hydrogen) atoms. The van der Waals surface area contributed by atoms with Gasteiger partial charge in [-0.2, -0.15) is 0 Å². The van der Waals surface area contributed by atoms with Crippen molar-refractivity contribution in [2.45, 2.75) is 112 Å². The summed E-state index contributed by atoms with van der Waals surface area (Å²) in [4.78, 5) is 12.8. The van der Waals surface area contributed by atoms with Crippen molar-refractivity contribution in [1.29, 1.82) is 0 Å². The van der Waals surface area contributed by atoms with Crippen LogP contribution in [0.5, 0.6) is 0 Å². The van der Waals surface area contributed by atoms with E-state index < -0.39 is 11.4 Å². The number of fused-ring (bicyclic) bond motifs is 8. The Morgan fingerprint density at radius 2 is 1.71 bits per heavy atom. The van der Waals surface area contributed by atoms with Gasteiger partial charge in [0.05, 0.1) is 11.6 Å². The minimum absolute atomic E-state index is 0.0104. The van der Waals surface area contributed by atoms with Crippen molar-refractivity contribution in [2.75, 3.05) is 0 Å². The number of hydrogen-bond donors (Lipinski definition) is 1. The summed E-state index contributed by atoms with van der Waals surface area (Å²) in [6.45, 7) is 17.1. The van der Waals surface area contributed by atoms with Gasteiger partial charge in [-0.15, -0.1) is 0 Å². The van der Waals surface area contributed by atoms with Crippen molar-refractivity contribution in [2.24, 2.45) is 44.8 Å². The number of aliphatic carboxylic acids is 1. The average molecular weight is 480 g/mol. The first-order chi connectivity index (χ1) is 16.2. The predicted octanol–water partition coefficient (Wildman–Crippen LogP) is 7.57. The highest BCUT2D eigenvalue weighted by Crippen LogP contribution is 2.75. The van der Waals surface area contributed by atoms with E-state index in [4.69, 9.17) is 4.52 Å². The van der Waals surface area contributed by atoms with Crippen LogP contribution in [0.3, 0.4) is 0 Å². The van der Waals surface area contributed by atoms with E-state index in [9.17, 15) is 9.90 Å². The lowest BCUT2D eigenvalue weighted by molar-refractivity contribution is -0.177. The lowest BCUT2D eigenvalue weighted by atomic mass is 9.34. The van der Waals surface area contributed by atoms with Crippen molar-refractivity contribution < 1.29 is 14.4 Å². The van der Waals surface area contributed by atoms with Gasteiger partial charge in [-0.1, -0.05) is 65.3 Å². The predicted molar refractivity (Wildman–Crippen MR) is 137 cm³/mol. The number of nitrogens with zero attached hydrogens (tertiary/aromatic N) is 1. The van der Waals surface area contributed by atoms with Crippen molar-refractivity contribution in [3.8, 4) is 0 Å². The van der Waals surface area contributed by atoms with Gasteiger partial charge in [-0.25, -0.2) is 0 Å². The Hall–Kier alpha value is -1.58. The summed E-state index contributed by atoms with van der Waals surface area (Å²) in [5, 5.41) is 14.8. The molecule has 192 valence electrons. The third kappa shape index (κ3) is 2.75. The van der Waals surface area contributed by atoms with Crippen LogP contribution in [0.1, 0.15) is 111 Å². The Kier molecular flexibility index (Phi) is 4.65. The smallest absolute Gasteiger partial charge is 0.310 e. The maximum atomic E-state index is 12.8. The Morgan fingerprint density at radius 3 is 2.43 bits per heavy atom. The Labute approximate surface area is 211 Å². The summed E-state index contributed by atoms with van der Waals surface area (Å²) in [5.41, 5.74) is 2.90. The number of allylic oxidation sites excluding steroid dienone is 2. The SMILES string of the molecule is CC1(C)CC[C@]2(C(=O)O)CC[C@]3(C)C(=CC[C@H]4[C@@]5(C)Cc6cnoc6C(C)(C)[C@H]5CC[C@]43C)[C@@H]2C1. The number of carboxylic acids is 1. The molecule has 5 aliphatic rings. The van der Waals surface area contributed by atoms with Gasteiger partial charge in [0.15, 0.2) is 0 Å². The summed E-state index contributed by atoms with van der Waals surface area (Å²) in [6, 6.07) is 0. The van der Waals surface area contributed by atoms with E-state index in [1.54, 1.807) is 0 Å². The van der Waals surface area contributed by atoms with Gasteiger partial charge in [0.25, 0.3) is 0 Å². The summed E-state index contributed by atoms with van der Waals surface area (Å²) >= 11 is 0. The third-order valence-corrected chi connectivity index (χ3v) is 13.0. The number of carboxylic acid groups (broad SMARTS) is 1. The molecule has 0 amide bonds. The van der Waals surface area contributed by atoms with Crippen LogP contribution in [-0.2, 0) is 16.6 Å². The molecule has 4 nitrogen and oxygen atoms in total. The zero-order valence-electron chi connectivity index (χ0n) is 23.0. The molecule has 7 atom stereocenters. The highest BCUT2D eigenvalue weighted by Gasteiger charge is 2.69. The molecule has 1 aromatic rings. The van der Waals surface area contributed by atoms with Crippen molar-refractivity contribution in [3.63, 3.8) is 0 Å². The molecule has 3 fully saturated rings. The molecular formula is C31H45NO3. The number of carbonyl (C=O) groups is 1. The fourth-order valence-electron chi connectivity index (χ4n) is 10.9. The maximum absolute atomic E-state index is 12.8. The molecule has 3 saturated carbocycles. The zero-order chi connectivity index (χ0) is 25.2. The van der Waals surface area contributed by atoms with Crippen LogP contribution in [-0.4, -0.2) is 16.2 Å². The van der Waals surface area contributed by atoms with E-state index in [1.807, 2.05) is 6.20 Å². The van der Waals surface area contributed by atoms with Crippen LogP contribution in [0.25, 0.3) is 0 Å². The molecule has 0 radical (unpaired) electrons. The second-order valence-electron chi connectivity index (χ2n) is 15.3. The molecule has 0 aliphatic heterocycles. The highest BCUT2D eigenvalue weighted by molar-refractivity contribution is 5.76. The molecule has 1 aromatic heterocycles. The van der Waals surface area contributed by atoms with Crippen molar-refractivity contribution in [1.82, 2.24) is 5.16 Å². The molecule has 0 aromatic carbocycles. The molecule has 6 rings (SSSR count). The Balaban J connectivity index is 1.47. The van der Waals surface area contributed by atoms with Crippen LogP contribution >= 0.6 is 0 Å². The molecule has 4 heteroatoms. The number of aromatic nitrogens is 1. The minimum atomic E-state index is -0.560. The van der Waals surface area contributed by atoms with Crippen molar-refractivity contribution in [3.05, 3.63) is 29.2 Å². The molecular weight excluding hydrogens is 434 g/mol. The van der Waals surface area contributed by atoms with Crippen LogP contribution in [0.2, 0.25) is 0 Å². The normalized spacial score (nSPS) is 47.3. The van der Waals surface area contributed by atoms with Gasteiger partial charge < -0.3 is 9.63 Å². The van der Waals surface area contributed by atoms with E-state index in [0.29, 0.717) is 11.8 Å². The first-order valence-electron chi connectivity index (χ1n) is 14.1. The topological polar surface area (TPSA) is 63.3 Å². The fraction of sp³-hybridized carbons (Fsp3) is 0.806. The standard InChI is InChI=1S/C31H45NO3/c1-26(2)12-14-31(25(33)34)15-13-29(6)20(21(31)17-26)8-9-23-28(5)16-19-18-32-35-24(19)27(3,4)22(28)10-11-30(23,29)7/h8,18,21-23H,9-17H2,1-7H3,(H,33,34)/t21-,22+,23-,28-,29+,30+,31-/m0/s1. The third-order valence-electron chi connectivity index (χ3n) is 13.0.